The SMILES string of the molecule is CCCOCC(N)c1noc(-c2cc3ccccc3s2)n1. The van der Waals surface area contributed by atoms with Crippen molar-refractivity contribution in [2.75, 3.05) is 13.2 Å². The summed E-state index contributed by atoms with van der Waals surface area (Å²) in [5, 5.41) is 5.13. The lowest BCUT2D eigenvalue weighted by atomic mass is 10.2. The maximum absolute atomic E-state index is 6.00. The molecular formula is C15H17N3O2S. The fraction of sp³-hybridized carbons (Fsp3) is 0.333. The largest absolute Gasteiger partial charge is 0.379 e. The minimum atomic E-state index is -0.358. The molecular weight excluding hydrogens is 286 g/mol. The van der Waals surface area contributed by atoms with Crippen LogP contribution in [0.15, 0.2) is 34.9 Å². The highest BCUT2D eigenvalue weighted by atomic mass is 32.1. The molecule has 1 unspecified atom stereocenters. The van der Waals surface area contributed by atoms with E-state index in [0.717, 1.165) is 11.3 Å². The van der Waals surface area contributed by atoms with E-state index in [1.807, 2.05) is 12.1 Å². The lowest BCUT2D eigenvalue weighted by Crippen LogP contribution is -2.18. The molecule has 2 N–H and O–H groups in total. The number of benzene rings is 1. The molecule has 1 aromatic carbocycles. The number of aromatic nitrogens is 2. The number of hydrogen-bond donors (Lipinski definition) is 1. The zero-order valence-corrected chi connectivity index (χ0v) is 12.6. The average Bonchev–Trinajstić information content (AvgIpc) is 3.13. The number of fused-ring (bicyclic) bond motifs is 1. The number of ether oxygens (including phenoxy) is 1. The van der Waals surface area contributed by atoms with E-state index < -0.39 is 0 Å². The van der Waals surface area contributed by atoms with Gasteiger partial charge in [-0.3, -0.25) is 0 Å². The van der Waals surface area contributed by atoms with E-state index in [9.17, 15) is 0 Å². The lowest BCUT2D eigenvalue weighted by Gasteiger charge is -2.06. The molecule has 2 heterocycles. The predicted octanol–water partition coefficient (Wildman–Crippen LogP) is 3.38. The van der Waals surface area contributed by atoms with Gasteiger partial charge in [-0.25, -0.2) is 0 Å². The molecule has 110 valence electrons. The minimum Gasteiger partial charge on any atom is -0.379 e. The van der Waals surface area contributed by atoms with Crippen LogP contribution in [0.25, 0.3) is 20.9 Å². The normalized spacial score (nSPS) is 12.9. The predicted molar refractivity (Wildman–Crippen MR) is 83.2 cm³/mol. The Kier molecular flexibility index (Phi) is 4.28. The molecule has 0 saturated heterocycles. The molecule has 21 heavy (non-hydrogen) atoms. The van der Waals surface area contributed by atoms with Gasteiger partial charge in [0.2, 0.25) is 0 Å². The molecule has 0 aliphatic heterocycles. The Labute approximate surface area is 126 Å². The standard InChI is InChI=1S/C15H17N3O2S/c1-2-7-19-9-11(16)14-17-15(20-18-14)13-8-10-5-3-4-6-12(10)21-13/h3-6,8,11H,2,7,9,16H2,1H3. The molecule has 1 atom stereocenters. The van der Waals surface area contributed by atoms with E-state index in [1.165, 1.54) is 10.1 Å². The molecule has 0 amide bonds. The summed E-state index contributed by atoms with van der Waals surface area (Å²) in [6.45, 7) is 3.15. The van der Waals surface area contributed by atoms with Crippen LogP contribution in [-0.4, -0.2) is 23.4 Å². The van der Waals surface area contributed by atoms with Gasteiger partial charge in [0, 0.05) is 11.3 Å². The molecule has 0 aliphatic carbocycles. The molecule has 0 fully saturated rings. The van der Waals surface area contributed by atoms with Crippen molar-refractivity contribution in [1.82, 2.24) is 10.1 Å². The van der Waals surface area contributed by atoms with Crippen LogP contribution in [-0.2, 0) is 4.74 Å². The van der Waals surface area contributed by atoms with Gasteiger partial charge in [-0.05, 0) is 23.9 Å². The Bertz CT molecular complexity index is 689. The first kappa shape index (κ1) is 14.2. The van der Waals surface area contributed by atoms with Crippen molar-refractivity contribution in [1.29, 1.82) is 0 Å². The Morgan fingerprint density at radius 3 is 3.05 bits per heavy atom. The van der Waals surface area contributed by atoms with E-state index in [0.29, 0.717) is 24.9 Å². The van der Waals surface area contributed by atoms with Crippen molar-refractivity contribution in [3.63, 3.8) is 0 Å². The fourth-order valence-corrected chi connectivity index (χ4v) is 2.99. The monoisotopic (exact) mass is 303 g/mol. The maximum atomic E-state index is 6.00. The van der Waals surface area contributed by atoms with Crippen LogP contribution < -0.4 is 5.73 Å². The van der Waals surface area contributed by atoms with Crippen molar-refractivity contribution >= 4 is 21.4 Å². The topological polar surface area (TPSA) is 74.2 Å². The zero-order valence-electron chi connectivity index (χ0n) is 11.8. The molecule has 0 bridgehead atoms. The molecule has 2 aromatic heterocycles. The summed E-state index contributed by atoms with van der Waals surface area (Å²) in [4.78, 5) is 5.34. The number of rotatable bonds is 6. The summed E-state index contributed by atoms with van der Waals surface area (Å²) < 4.78 is 11.9. The van der Waals surface area contributed by atoms with Gasteiger partial charge in [0.15, 0.2) is 5.82 Å². The van der Waals surface area contributed by atoms with Gasteiger partial charge in [-0.15, -0.1) is 11.3 Å². The highest BCUT2D eigenvalue weighted by Crippen LogP contribution is 2.32. The summed E-state index contributed by atoms with van der Waals surface area (Å²) in [5.41, 5.74) is 6.00. The van der Waals surface area contributed by atoms with Crippen molar-refractivity contribution in [3.05, 3.63) is 36.2 Å². The summed E-state index contributed by atoms with van der Waals surface area (Å²) in [6.07, 6.45) is 0.964. The van der Waals surface area contributed by atoms with E-state index >= 15 is 0 Å². The van der Waals surface area contributed by atoms with E-state index in [1.54, 1.807) is 11.3 Å². The third-order valence-corrected chi connectivity index (χ3v) is 4.16. The molecule has 5 nitrogen and oxygen atoms in total. The smallest absolute Gasteiger partial charge is 0.268 e. The van der Waals surface area contributed by atoms with Crippen LogP contribution in [0, 0.1) is 0 Å². The Morgan fingerprint density at radius 1 is 1.38 bits per heavy atom. The number of thiophene rings is 1. The van der Waals surface area contributed by atoms with Crippen LogP contribution in [0.4, 0.5) is 0 Å². The second-order valence-electron chi connectivity index (χ2n) is 4.79. The van der Waals surface area contributed by atoms with E-state index in [-0.39, 0.29) is 6.04 Å². The van der Waals surface area contributed by atoms with Gasteiger partial charge < -0.3 is 15.0 Å². The first-order valence-electron chi connectivity index (χ1n) is 6.94. The summed E-state index contributed by atoms with van der Waals surface area (Å²) >= 11 is 1.63. The summed E-state index contributed by atoms with van der Waals surface area (Å²) in [6, 6.07) is 9.86. The quantitative estimate of drug-likeness (QED) is 0.707. The Morgan fingerprint density at radius 2 is 2.24 bits per heavy atom. The van der Waals surface area contributed by atoms with Gasteiger partial charge in [-0.1, -0.05) is 30.3 Å². The fourth-order valence-electron chi connectivity index (χ4n) is 2.00. The third-order valence-electron chi connectivity index (χ3n) is 3.06. The molecule has 3 aromatic rings. The molecule has 0 spiro atoms. The van der Waals surface area contributed by atoms with Crippen LogP contribution in [0.5, 0.6) is 0 Å². The van der Waals surface area contributed by atoms with Crippen molar-refractivity contribution < 1.29 is 9.26 Å². The van der Waals surface area contributed by atoms with Crippen LogP contribution in [0.3, 0.4) is 0 Å². The molecule has 0 aliphatic rings. The zero-order chi connectivity index (χ0) is 14.7. The van der Waals surface area contributed by atoms with Crippen LogP contribution in [0.1, 0.15) is 25.2 Å². The van der Waals surface area contributed by atoms with Gasteiger partial charge in [0.05, 0.1) is 17.5 Å². The van der Waals surface area contributed by atoms with Crippen molar-refractivity contribution in [2.24, 2.45) is 5.73 Å². The summed E-state index contributed by atoms with van der Waals surface area (Å²) in [5.74, 6) is 0.996. The van der Waals surface area contributed by atoms with Gasteiger partial charge in [0.25, 0.3) is 5.89 Å². The summed E-state index contributed by atoms with van der Waals surface area (Å²) in [7, 11) is 0. The average molecular weight is 303 g/mol. The first-order chi connectivity index (χ1) is 10.3. The van der Waals surface area contributed by atoms with Crippen molar-refractivity contribution in [3.8, 4) is 10.8 Å². The molecule has 6 heteroatoms. The molecule has 0 radical (unpaired) electrons. The highest BCUT2D eigenvalue weighted by molar-refractivity contribution is 7.22. The Balaban J connectivity index is 1.77. The molecule has 0 saturated carbocycles. The maximum Gasteiger partial charge on any atom is 0.268 e. The second kappa shape index (κ2) is 6.34. The number of hydrogen-bond acceptors (Lipinski definition) is 6. The van der Waals surface area contributed by atoms with Crippen LogP contribution >= 0.6 is 11.3 Å². The third kappa shape index (κ3) is 3.12. The van der Waals surface area contributed by atoms with E-state index in [2.05, 4.69) is 35.3 Å². The van der Waals surface area contributed by atoms with Crippen molar-refractivity contribution in [2.45, 2.75) is 19.4 Å². The number of nitrogens with two attached hydrogens (primary N) is 1. The van der Waals surface area contributed by atoms with E-state index in [4.69, 9.17) is 15.0 Å². The second-order valence-corrected chi connectivity index (χ2v) is 5.87. The minimum absolute atomic E-state index is 0.358. The first-order valence-corrected chi connectivity index (χ1v) is 7.75. The van der Waals surface area contributed by atoms with Crippen LogP contribution in [0.2, 0.25) is 0 Å². The van der Waals surface area contributed by atoms with Gasteiger partial charge in [-0.2, -0.15) is 4.98 Å². The molecule has 3 rings (SSSR count). The van der Waals surface area contributed by atoms with Gasteiger partial charge >= 0.3 is 0 Å². The Hall–Kier alpha value is -1.76. The highest BCUT2D eigenvalue weighted by Gasteiger charge is 2.17. The van der Waals surface area contributed by atoms with Gasteiger partial charge in [0.1, 0.15) is 0 Å². The lowest BCUT2D eigenvalue weighted by molar-refractivity contribution is 0.119. The number of nitrogens with zero attached hydrogens (tertiary/aromatic N) is 2.